The number of aromatic nitrogens is 1. The summed E-state index contributed by atoms with van der Waals surface area (Å²) in [6.45, 7) is 1.86. The van der Waals surface area contributed by atoms with Crippen LogP contribution in [0.25, 0.3) is 0 Å². The molecule has 0 spiro atoms. The number of rotatable bonds is 5. The number of anilines is 1. The van der Waals surface area contributed by atoms with Crippen LogP contribution in [0.4, 0.5) is 5.13 Å². The summed E-state index contributed by atoms with van der Waals surface area (Å²) >= 11 is 3.84. The number of carbonyl (C=O) groups excluding carboxylic acids is 1. The van der Waals surface area contributed by atoms with Gasteiger partial charge in [-0.3, -0.25) is 4.79 Å². The van der Waals surface area contributed by atoms with Crippen LogP contribution in [0.15, 0.2) is 21.7 Å². The van der Waals surface area contributed by atoms with Gasteiger partial charge in [0, 0.05) is 15.7 Å². The first kappa shape index (κ1) is 14.0. The van der Waals surface area contributed by atoms with Crippen molar-refractivity contribution < 1.29 is 14.7 Å². The Bertz CT molecular complexity index is 606. The molecule has 100 valence electrons. The zero-order valence-corrected chi connectivity index (χ0v) is 12.3. The third-order valence-corrected chi connectivity index (χ3v) is 4.94. The molecule has 0 atom stereocenters. The van der Waals surface area contributed by atoms with Crippen molar-refractivity contribution >= 4 is 51.4 Å². The van der Waals surface area contributed by atoms with E-state index in [1.54, 1.807) is 11.4 Å². The van der Waals surface area contributed by atoms with Crippen LogP contribution in [0.5, 0.6) is 0 Å². The summed E-state index contributed by atoms with van der Waals surface area (Å²) in [6, 6.07) is 1.57. The Morgan fingerprint density at radius 2 is 2.21 bits per heavy atom. The Balaban J connectivity index is 1.84. The first-order chi connectivity index (χ1) is 9.04. The van der Waals surface area contributed by atoms with Gasteiger partial charge in [-0.2, -0.15) is 0 Å². The Kier molecular flexibility index (Phi) is 4.56. The average Bonchev–Trinajstić information content (AvgIpc) is 2.96. The fourth-order valence-electron chi connectivity index (χ4n) is 1.22. The molecule has 2 aromatic rings. The van der Waals surface area contributed by atoms with Gasteiger partial charge in [-0.1, -0.05) is 0 Å². The molecule has 0 bridgehead atoms. The number of carboxylic acid groups (broad SMARTS) is 1. The summed E-state index contributed by atoms with van der Waals surface area (Å²) in [4.78, 5) is 27.6. The molecule has 0 aromatic carbocycles. The number of nitrogens with zero attached hydrogens (tertiary/aromatic N) is 1. The zero-order chi connectivity index (χ0) is 13.8. The molecule has 2 N–H and O–H groups in total. The van der Waals surface area contributed by atoms with Crippen molar-refractivity contribution in [3.8, 4) is 0 Å². The minimum atomic E-state index is -0.945. The highest BCUT2D eigenvalue weighted by Crippen LogP contribution is 2.25. The van der Waals surface area contributed by atoms with Crippen LogP contribution in [-0.2, 0) is 4.79 Å². The number of carboxylic acids is 1. The van der Waals surface area contributed by atoms with Gasteiger partial charge in [0.1, 0.15) is 4.88 Å². The highest BCUT2D eigenvalue weighted by atomic mass is 32.2. The summed E-state index contributed by atoms with van der Waals surface area (Å²) in [5.74, 6) is -0.865. The first-order valence-corrected chi connectivity index (χ1v) is 7.95. The van der Waals surface area contributed by atoms with Crippen LogP contribution < -0.4 is 5.32 Å². The number of carbonyl (C=O) groups is 2. The largest absolute Gasteiger partial charge is 0.477 e. The minimum Gasteiger partial charge on any atom is -0.477 e. The van der Waals surface area contributed by atoms with Crippen LogP contribution in [0.2, 0.25) is 0 Å². The van der Waals surface area contributed by atoms with Gasteiger partial charge in [-0.05, 0) is 13.0 Å². The number of amides is 1. The number of thioether (sulfide) groups is 1. The Morgan fingerprint density at radius 3 is 2.79 bits per heavy atom. The summed E-state index contributed by atoms with van der Waals surface area (Å²) < 4.78 is 0. The molecule has 0 fully saturated rings. The molecule has 2 rings (SSSR count). The van der Waals surface area contributed by atoms with E-state index in [0.29, 0.717) is 5.13 Å². The van der Waals surface area contributed by atoms with E-state index in [0.717, 1.165) is 21.9 Å². The monoisotopic (exact) mass is 314 g/mol. The minimum absolute atomic E-state index is 0.151. The van der Waals surface area contributed by atoms with Crippen LogP contribution in [0, 0.1) is 6.92 Å². The van der Waals surface area contributed by atoms with E-state index in [2.05, 4.69) is 10.3 Å². The number of hydrogen-bond acceptors (Lipinski definition) is 6. The van der Waals surface area contributed by atoms with Crippen molar-refractivity contribution in [2.24, 2.45) is 0 Å². The molecule has 8 heteroatoms. The number of thiazole rings is 1. The molecule has 1 amide bonds. The maximum atomic E-state index is 11.7. The Morgan fingerprint density at radius 1 is 1.42 bits per heavy atom. The van der Waals surface area contributed by atoms with Crippen LogP contribution in [-0.4, -0.2) is 27.7 Å². The fraction of sp³-hybridized carbons (Fsp3) is 0.182. The van der Waals surface area contributed by atoms with E-state index in [-0.39, 0.29) is 16.5 Å². The summed E-state index contributed by atoms with van der Waals surface area (Å²) in [6.07, 6.45) is 0. The van der Waals surface area contributed by atoms with E-state index >= 15 is 0 Å². The van der Waals surface area contributed by atoms with Crippen molar-refractivity contribution in [1.29, 1.82) is 0 Å². The number of hydrogen-bond donors (Lipinski definition) is 2. The Hall–Kier alpha value is -1.38. The van der Waals surface area contributed by atoms with Gasteiger partial charge in [-0.15, -0.1) is 34.4 Å². The molecule has 2 aromatic heterocycles. The third-order valence-electron chi connectivity index (χ3n) is 2.02. The topological polar surface area (TPSA) is 79.3 Å². The van der Waals surface area contributed by atoms with E-state index < -0.39 is 5.97 Å². The Labute approximate surface area is 121 Å². The van der Waals surface area contributed by atoms with Crippen molar-refractivity contribution in [3.05, 3.63) is 27.4 Å². The maximum Gasteiger partial charge on any atom is 0.345 e. The summed E-state index contributed by atoms with van der Waals surface area (Å²) in [5, 5.41) is 15.7. The predicted octanol–water partition coefficient (Wildman–Crippen LogP) is 2.94. The second kappa shape index (κ2) is 6.18. The lowest BCUT2D eigenvalue weighted by atomic mass is 10.5. The van der Waals surface area contributed by atoms with Crippen LogP contribution >= 0.6 is 34.4 Å². The highest BCUT2D eigenvalue weighted by Gasteiger charge is 2.10. The van der Waals surface area contributed by atoms with Gasteiger partial charge >= 0.3 is 5.97 Å². The lowest BCUT2D eigenvalue weighted by Gasteiger charge is -1.99. The lowest BCUT2D eigenvalue weighted by Crippen LogP contribution is -2.13. The molecule has 2 heterocycles. The molecular formula is C11H10N2O3S3. The molecule has 0 saturated heterocycles. The van der Waals surface area contributed by atoms with Gasteiger partial charge in [0.15, 0.2) is 5.13 Å². The third kappa shape index (κ3) is 4.05. The highest BCUT2D eigenvalue weighted by molar-refractivity contribution is 8.00. The molecule has 0 radical (unpaired) electrons. The van der Waals surface area contributed by atoms with Gasteiger partial charge in [0.2, 0.25) is 5.91 Å². The van der Waals surface area contributed by atoms with E-state index in [1.165, 1.54) is 23.1 Å². The van der Waals surface area contributed by atoms with Gasteiger partial charge < -0.3 is 10.4 Å². The average molecular weight is 314 g/mol. The lowest BCUT2D eigenvalue weighted by molar-refractivity contribution is -0.113. The predicted molar refractivity (Wildman–Crippen MR) is 77.5 cm³/mol. The standard InChI is InChI=1S/C11H10N2O3S3/c1-6-3-19-11(12-6)13-9(14)5-17-7-2-8(10(15)16)18-4-7/h2-4H,5H2,1H3,(H,15,16)(H,12,13,14). The number of thiophene rings is 1. The molecule has 0 aliphatic carbocycles. The molecule has 0 saturated carbocycles. The van der Waals surface area contributed by atoms with Crippen molar-refractivity contribution in [3.63, 3.8) is 0 Å². The van der Waals surface area contributed by atoms with Crippen molar-refractivity contribution in [2.45, 2.75) is 11.8 Å². The van der Waals surface area contributed by atoms with Gasteiger partial charge in [0.05, 0.1) is 11.4 Å². The normalized spacial score (nSPS) is 10.4. The second-order valence-corrected chi connectivity index (χ2v) is 6.40. The fourth-order valence-corrected chi connectivity index (χ4v) is 3.60. The molecule has 0 aliphatic rings. The molecule has 0 aliphatic heterocycles. The first-order valence-electron chi connectivity index (χ1n) is 5.21. The van der Waals surface area contributed by atoms with Gasteiger partial charge in [0.25, 0.3) is 0 Å². The molecule has 5 nitrogen and oxygen atoms in total. The zero-order valence-electron chi connectivity index (χ0n) is 9.87. The van der Waals surface area contributed by atoms with Crippen LogP contribution in [0.1, 0.15) is 15.4 Å². The summed E-state index contributed by atoms with van der Waals surface area (Å²) in [7, 11) is 0. The summed E-state index contributed by atoms with van der Waals surface area (Å²) in [5.41, 5.74) is 0.872. The smallest absolute Gasteiger partial charge is 0.345 e. The van der Waals surface area contributed by atoms with E-state index in [9.17, 15) is 9.59 Å². The molecule has 0 unspecified atom stereocenters. The quantitative estimate of drug-likeness (QED) is 0.830. The SMILES string of the molecule is Cc1csc(NC(=O)CSc2csc(C(=O)O)c2)n1. The number of aryl methyl sites for hydroxylation is 1. The molecule has 19 heavy (non-hydrogen) atoms. The van der Waals surface area contributed by atoms with Crippen LogP contribution in [0.3, 0.4) is 0 Å². The second-order valence-electron chi connectivity index (χ2n) is 3.58. The van der Waals surface area contributed by atoms with E-state index in [1.807, 2.05) is 12.3 Å². The van der Waals surface area contributed by atoms with Crippen molar-refractivity contribution in [1.82, 2.24) is 4.98 Å². The van der Waals surface area contributed by atoms with Crippen molar-refractivity contribution in [2.75, 3.05) is 11.1 Å². The molecular weight excluding hydrogens is 304 g/mol. The number of nitrogens with one attached hydrogen (secondary N) is 1. The number of aromatic carboxylic acids is 1. The van der Waals surface area contributed by atoms with Gasteiger partial charge in [-0.25, -0.2) is 9.78 Å². The maximum absolute atomic E-state index is 11.7. The van der Waals surface area contributed by atoms with E-state index in [4.69, 9.17) is 5.11 Å².